The van der Waals surface area contributed by atoms with Gasteiger partial charge in [-0.05, 0) is 31.6 Å². The van der Waals surface area contributed by atoms with Gasteiger partial charge in [0.15, 0.2) is 0 Å². The lowest BCUT2D eigenvalue weighted by Gasteiger charge is -2.26. The Balaban J connectivity index is 2.53. The van der Waals surface area contributed by atoms with Crippen LogP contribution in [0.4, 0.5) is 0 Å². The van der Waals surface area contributed by atoms with Gasteiger partial charge in [-0.2, -0.15) is 0 Å². The van der Waals surface area contributed by atoms with Crippen LogP contribution in [0.2, 0.25) is 5.31 Å². The van der Waals surface area contributed by atoms with E-state index in [-0.39, 0.29) is 0 Å². The highest BCUT2D eigenvalue weighted by Crippen LogP contribution is 2.36. The van der Waals surface area contributed by atoms with Crippen LogP contribution in [0.5, 0.6) is 0 Å². The molecule has 0 saturated heterocycles. The standard InChI is InChI=1S/C14H27B/c1-12(2)13-8-4-6-10-14(3,15)11-7-5-9-13/h8,12H,4-7,9-11,15H2,1-3H3/b13-8+. The molecule has 0 aromatic carbocycles. The summed E-state index contributed by atoms with van der Waals surface area (Å²) in [7, 11) is 2.43. The molecule has 0 bridgehead atoms. The van der Waals surface area contributed by atoms with Crippen molar-refractivity contribution in [3.8, 4) is 0 Å². The molecule has 0 fully saturated rings. The molecule has 15 heavy (non-hydrogen) atoms. The summed E-state index contributed by atoms with van der Waals surface area (Å²) >= 11 is 0. The fraction of sp³-hybridized carbons (Fsp3) is 0.857. The molecule has 0 aromatic rings. The van der Waals surface area contributed by atoms with Gasteiger partial charge in [0.1, 0.15) is 7.85 Å². The van der Waals surface area contributed by atoms with E-state index in [1.165, 1.54) is 44.9 Å². The fourth-order valence-corrected chi connectivity index (χ4v) is 2.55. The first-order valence-electron chi connectivity index (χ1n) is 6.70. The maximum Gasteiger partial charge on any atom is 0.109 e. The normalized spacial score (nSPS) is 33.5. The third-order valence-electron chi connectivity index (χ3n) is 3.77. The molecule has 0 nitrogen and oxygen atoms in total. The van der Waals surface area contributed by atoms with E-state index in [1.807, 2.05) is 0 Å². The molecule has 0 aliphatic heterocycles. The van der Waals surface area contributed by atoms with Crippen molar-refractivity contribution >= 4 is 7.85 Å². The van der Waals surface area contributed by atoms with Crippen molar-refractivity contribution in [1.29, 1.82) is 0 Å². The van der Waals surface area contributed by atoms with Crippen molar-refractivity contribution < 1.29 is 0 Å². The zero-order chi connectivity index (χ0) is 11.3. The van der Waals surface area contributed by atoms with Gasteiger partial charge in [-0.25, -0.2) is 0 Å². The molecule has 1 aliphatic rings. The second-order valence-corrected chi connectivity index (χ2v) is 6.20. The van der Waals surface area contributed by atoms with E-state index in [1.54, 1.807) is 5.57 Å². The molecule has 1 atom stereocenters. The lowest BCUT2D eigenvalue weighted by atomic mass is 9.64. The second kappa shape index (κ2) is 5.77. The van der Waals surface area contributed by atoms with Crippen molar-refractivity contribution in [2.24, 2.45) is 5.92 Å². The molecule has 0 amide bonds. The summed E-state index contributed by atoms with van der Waals surface area (Å²) in [4.78, 5) is 0. The summed E-state index contributed by atoms with van der Waals surface area (Å²) in [5.74, 6) is 0.762. The van der Waals surface area contributed by atoms with Crippen LogP contribution in [-0.2, 0) is 0 Å². The molecule has 0 radical (unpaired) electrons. The summed E-state index contributed by atoms with van der Waals surface area (Å²) in [5.41, 5.74) is 1.70. The van der Waals surface area contributed by atoms with E-state index in [4.69, 9.17) is 0 Å². The second-order valence-electron chi connectivity index (χ2n) is 6.20. The average molecular weight is 206 g/mol. The molecule has 0 N–H and O–H groups in total. The maximum absolute atomic E-state index is 2.52. The van der Waals surface area contributed by atoms with Crippen LogP contribution in [0.25, 0.3) is 0 Å². The van der Waals surface area contributed by atoms with Gasteiger partial charge in [-0.3, -0.25) is 0 Å². The van der Waals surface area contributed by atoms with Crippen LogP contribution in [0, 0.1) is 5.92 Å². The third-order valence-corrected chi connectivity index (χ3v) is 3.77. The predicted molar refractivity (Wildman–Crippen MR) is 72.2 cm³/mol. The fourth-order valence-electron chi connectivity index (χ4n) is 2.55. The van der Waals surface area contributed by atoms with Crippen molar-refractivity contribution in [2.45, 2.75) is 71.0 Å². The molecule has 0 heterocycles. The zero-order valence-electron chi connectivity index (χ0n) is 11.1. The Bertz CT molecular complexity index is 213. The van der Waals surface area contributed by atoms with Gasteiger partial charge >= 0.3 is 0 Å². The largest absolute Gasteiger partial charge is 0.109 e. The van der Waals surface area contributed by atoms with Crippen LogP contribution in [0.3, 0.4) is 0 Å². The zero-order valence-corrected chi connectivity index (χ0v) is 11.1. The Hall–Kier alpha value is -0.195. The van der Waals surface area contributed by atoms with Crippen LogP contribution in [-0.4, -0.2) is 7.85 Å². The lowest BCUT2D eigenvalue weighted by Crippen LogP contribution is -2.09. The highest BCUT2D eigenvalue weighted by Gasteiger charge is 2.17. The first-order chi connectivity index (χ1) is 7.01. The molecule has 1 unspecified atom stereocenters. The molecular formula is C14H27B. The first-order valence-corrected chi connectivity index (χ1v) is 6.70. The van der Waals surface area contributed by atoms with Crippen molar-refractivity contribution in [3.63, 3.8) is 0 Å². The third kappa shape index (κ3) is 4.90. The van der Waals surface area contributed by atoms with Gasteiger partial charge in [0.2, 0.25) is 0 Å². The highest BCUT2D eigenvalue weighted by molar-refractivity contribution is 6.14. The van der Waals surface area contributed by atoms with Crippen LogP contribution >= 0.6 is 0 Å². The van der Waals surface area contributed by atoms with Gasteiger partial charge in [-0.1, -0.05) is 57.0 Å². The molecule has 0 aromatic heterocycles. The van der Waals surface area contributed by atoms with E-state index in [0.717, 1.165) is 5.92 Å². The van der Waals surface area contributed by atoms with E-state index in [2.05, 4.69) is 34.7 Å². The number of hydrogen-bond acceptors (Lipinski definition) is 0. The maximum atomic E-state index is 2.52. The van der Waals surface area contributed by atoms with Gasteiger partial charge in [-0.15, -0.1) is 0 Å². The van der Waals surface area contributed by atoms with E-state index in [9.17, 15) is 0 Å². The summed E-state index contributed by atoms with van der Waals surface area (Å²) in [6, 6.07) is 0. The summed E-state index contributed by atoms with van der Waals surface area (Å²) in [6.07, 6.45) is 12.2. The van der Waals surface area contributed by atoms with Crippen molar-refractivity contribution in [2.75, 3.05) is 0 Å². The minimum atomic E-state index is 0.586. The van der Waals surface area contributed by atoms with Gasteiger partial charge < -0.3 is 0 Å². The smallest absolute Gasteiger partial charge is 0.0851 e. The van der Waals surface area contributed by atoms with E-state index < -0.39 is 0 Å². The number of hydrogen-bond donors (Lipinski definition) is 0. The Morgan fingerprint density at radius 2 is 1.87 bits per heavy atom. The topological polar surface area (TPSA) is 0 Å². The van der Waals surface area contributed by atoms with E-state index >= 15 is 0 Å². The molecule has 0 saturated carbocycles. The minimum Gasteiger partial charge on any atom is -0.0851 e. The first kappa shape index (κ1) is 12.9. The van der Waals surface area contributed by atoms with E-state index in [0.29, 0.717) is 5.31 Å². The van der Waals surface area contributed by atoms with Crippen molar-refractivity contribution in [3.05, 3.63) is 11.6 Å². The molecule has 0 spiro atoms. The SMILES string of the molecule is BC1(C)CCC/C=C(/C(C)C)CCCC1. The summed E-state index contributed by atoms with van der Waals surface area (Å²) < 4.78 is 0. The average Bonchev–Trinajstić information content (AvgIpc) is 2.14. The molecule has 86 valence electrons. The molecule has 1 heteroatoms. The minimum absolute atomic E-state index is 0.586. The Morgan fingerprint density at radius 1 is 1.20 bits per heavy atom. The van der Waals surface area contributed by atoms with Gasteiger partial charge in [0, 0.05) is 0 Å². The summed E-state index contributed by atoms with van der Waals surface area (Å²) in [5, 5.41) is 0.586. The van der Waals surface area contributed by atoms with Crippen molar-refractivity contribution in [1.82, 2.24) is 0 Å². The van der Waals surface area contributed by atoms with Gasteiger partial charge in [0.25, 0.3) is 0 Å². The number of rotatable bonds is 1. The monoisotopic (exact) mass is 206 g/mol. The predicted octanol–water partition coefficient (Wildman–Crippen LogP) is 4.12. The van der Waals surface area contributed by atoms with Gasteiger partial charge in [0.05, 0.1) is 0 Å². The van der Waals surface area contributed by atoms with Crippen LogP contribution in [0.15, 0.2) is 11.6 Å². The van der Waals surface area contributed by atoms with Crippen LogP contribution in [0.1, 0.15) is 65.7 Å². The Labute approximate surface area is 96.9 Å². The molecule has 1 rings (SSSR count). The highest BCUT2D eigenvalue weighted by atomic mass is 14.2. The summed E-state index contributed by atoms with van der Waals surface area (Å²) in [6.45, 7) is 7.10. The molecular weight excluding hydrogens is 179 g/mol. The Kier molecular flexibility index (Phi) is 4.95. The molecule has 1 aliphatic carbocycles. The quantitative estimate of drug-likeness (QED) is 0.447. The van der Waals surface area contributed by atoms with Crippen LogP contribution < -0.4 is 0 Å². The lowest BCUT2D eigenvalue weighted by molar-refractivity contribution is 0.465. The Morgan fingerprint density at radius 3 is 2.53 bits per heavy atom. The number of allylic oxidation sites excluding steroid dienone is 2.